The SMILES string of the molecule is CC(C)(C)CC(=O)OCOP(=O)(COC1(Cn2cnc3cnc(N)nc32)CC1)OCOC(=O)CC(C)(C)C. The zero-order chi connectivity index (χ0) is 28.2. The summed E-state index contributed by atoms with van der Waals surface area (Å²) in [7, 11) is -3.98. The molecule has 0 radical (unpaired) electrons. The Balaban J connectivity index is 1.61. The minimum atomic E-state index is -3.98. The smallest absolute Gasteiger partial charge is 0.361 e. The number of nitrogens with zero attached hydrogens (tertiary/aromatic N) is 4. The van der Waals surface area contributed by atoms with Gasteiger partial charge in [0.2, 0.25) is 19.5 Å². The van der Waals surface area contributed by atoms with Gasteiger partial charge in [0.05, 0.1) is 37.5 Å². The number of fused-ring (bicyclic) bond motifs is 1. The van der Waals surface area contributed by atoms with Crippen molar-refractivity contribution in [1.82, 2.24) is 19.5 Å². The summed E-state index contributed by atoms with van der Waals surface area (Å²) >= 11 is 0. The van der Waals surface area contributed by atoms with Crippen LogP contribution in [0.15, 0.2) is 12.5 Å². The maximum Gasteiger partial charge on any atom is 0.361 e. The number of aromatic nitrogens is 4. The van der Waals surface area contributed by atoms with E-state index in [2.05, 4.69) is 15.0 Å². The van der Waals surface area contributed by atoms with Gasteiger partial charge in [-0.25, -0.2) is 9.97 Å². The molecule has 2 aromatic heterocycles. The van der Waals surface area contributed by atoms with E-state index in [0.717, 1.165) is 0 Å². The van der Waals surface area contributed by atoms with E-state index >= 15 is 0 Å². The Morgan fingerprint density at radius 1 is 1.00 bits per heavy atom. The summed E-state index contributed by atoms with van der Waals surface area (Å²) in [5, 5.41) is 0. The van der Waals surface area contributed by atoms with Gasteiger partial charge in [0.15, 0.2) is 5.65 Å². The molecule has 0 aromatic carbocycles. The molecule has 1 fully saturated rings. The summed E-state index contributed by atoms with van der Waals surface area (Å²) in [5.41, 5.74) is 5.63. The van der Waals surface area contributed by atoms with Crippen LogP contribution in [-0.2, 0) is 44.0 Å². The van der Waals surface area contributed by atoms with Crippen LogP contribution < -0.4 is 5.73 Å². The van der Waals surface area contributed by atoms with Crippen molar-refractivity contribution in [1.29, 1.82) is 0 Å². The van der Waals surface area contributed by atoms with E-state index in [1.807, 2.05) is 41.5 Å². The maximum atomic E-state index is 13.5. The van der Waals surface area contributed by atoms with E-state index < -0.39 is 45.1 Å². The number of rotatable bonds is 13. The monoisotopic (exact) mass is 555 g/mol. The number of nitrogens with two attached hydrogens (primary N) is 1. The molecule has 13 nitrogen and oxygen atoms in total. The molecule has 14 heteroatoms. The van der Waals surface area contributed by atoms with Crippen LogP contribution in [0.5, 0.6) is 0 Å². The zero-order valence-corrected chi connectivity index (χ0v) is 23.8. The third kappa shape index (κ3) is 9.61. The fraction of sp³-hybridized carbons (Fsp3) is 0.708. The molecule has 3 rings (SSSR count). The number of carbonyl (C=O) groups is 2. The first-order valence-electron chi connectivity index (χ1n) is 12.3. The van der Waals surface area contributed by atoms with Gasteiger partial charge in [-0.3, -0.25) is 23.2 Å². The fourth-order valence-electron chi connectivity index (χ4n) is 3.42. The van der Waals surface area contributed by atoms with Gasteiger partial charge in [0.1, 0.15) is 11.9 Å². The van der Waals surface area contributed by atoms with Gasteiger partial charge >= 0.3 is 19.5 Å². The lowest BCUT2D eigenvalue weighted by Crippen LogP contribution is -2.24. The second-order valence-corrected chi connectivity index (χ2v) is 13.9. The predicted octanol–water partition coefficient (Wildman–Crippen LogP) is 4.02. The Morgan fingerprint density at radius 2 is 1.55 bits per heavy atom. The molecule has 1 saturated carbocycles. The standard InChI is InChI=1S/C24H38N5O8P/c1-22(2,3)9-18(30)33-14-36-38(32,37-15-34-19(31)10-23(4,5)6)16-35-24(7-8-24)12-29-13-27-17-11-26-21(25)28-20(17)29/h11,13H,7-10,12,14-16H2,1-6H3,(H2,25,26,28). The van der Waals surface area contributed by atoms with Crippen LogP contribution in [-0.4, -0.2) is 57.0 Å². The van der Waals surface area contributed by atoms with Crippen LogP contribution in [0.1, 0.15) is 67.2 Å². The summed E-state index contributed by atoms with van der Waals surface area (Å²) in [5.74, 6) is -0.889. The third-order valence-corrected chi connectivity index (χ3v) is 6.90. The van der Waals surface area contributed by atoms with Crippen molar-refractivity contribution in [3.8, 4) is 0 Å². The Labute approximate surface area is 222 Å². The Hall–Kier alpha value is -2.60. The third-order valence-electron chi connectivity index (χ3n) is 5.46. The molecular formula is C24H38N5O8P. The fourth-order valence-corrected chi connectivity index (χ4v) is 4.51. The number of hydrogen-bond acceptors (Lipinski definition) is 12. The first-order valence-corrected chi connectivity index (χ1v) is 14.1. The number of imidazole rings is 1. The molecule has 0 spiro atoms. The van der Waals surface area contributed by atoms with Crippen molar-refractivity contribution >= 4 is 36.6 Å². The highest BCUT2D eigenvalue weighted by Gasteiger charge is 2.47. The predicted molar refractivity (Wildman–Crippen MR) is 137 cm³/mol. The molecule has 38 heavy (non-hydrogen) atoms. The molecular weight excluding hydrogens is 517 g/mol. The lowest BCUT2D eigenvalue weighted by atomic mass is 9.92. The zero-order valence-electron chi connectivity index (χ0n) is 22.9. The summed E-state index contributed by atoms with van der Waals surface area (Å²) in [6.45, 7) is 10.5. The van der Waals surface area contributed by atoms with E-state index in [1.165, 1.54) is 6.20 Å². The largest absolute Gasteiger partial charge is 0.438 e. The number of anilines is 1. The molecule has 0 atom stereocenters. The van der Waals surface area contributed by atoms with Crippen LogP contribution >= 0.6 is 7.60 Å². The van der Waals surface area contributed by atoms with Crippen molar-refractivity contribution < 1.29 is 37.4 Å². The van der Waals surface area contributed by atoms with Gasteiger partial charge in [-0.15, -0.1) is 0 Å². The van der Waals surface area contributed by atoms with Crippen LogP contribution in [0.25, 0.3) is 11.2 Å². The highest BCUT2D eigenvalue weighted by atomic mass is 31.2. The second-order valence-electron chi connectivity index (χ2n) is 11.9. The molecule has 0 aliphatic heterocycles. The van der Waals surface area contributed by atoms with Crippen LogP contribution in [0.3, 0.4) is 0 Å². The van der Waals surface area contributed by atoms with Crippen molar-refractivity contribution in [2.24, 2.45) is 10.8 Å². The molecule has 2 aromatic rings. The molecule has 0 unspecified atom stereocenters. The quantitative estimate of drug-likeness (QED) is 0.214. The Bertz CT molecular complexity index is 1140. The highest BCUT2D eigenvalue weighted by Crippen LogP contribution is 2.52. The lowest BCUT2D eigenvalue weighted by Gasteiger charge is -2.23. The van der Waals surface area contributed by atoms with Crippen LogP contribution in [0.4, 0.5) is 5.95 Å². The minimum Gasteiger partial charge on any atom is -0.438 e. The highest BCUT2D eigenvalue weighted by molar-refractivity contribution is 7.53. The molecule has 2 N–H and O–H groups in total. The number of carbonyl (C=O) groups excluding carboxylic acids is 2. The molecule has 212 valence electrons. The van der Waals surface area contributed by atoms with Crippen molar-refractivity contribution in [3.63, 3.8) is 0 Å². The van der Waals surface area contributed by atoms with Crippen molar-refractivity contribution in [2.75, 3.05) is 25.7 Å². The first kappa shape index (κ1) is 29.9. The van der Waals surface area contributed by atoms with Gasteiger partial charge in [0, 0.05) is 0 Å². The van der Waals surface area contributed by atoms with E-state index in [1.54, 1.807) is 10.9 Å². The first-order chi connectivity index (χ1) is 17.6. The van der Waals surface area contributed by atoms with E-state index in [9.17, 15) is 14.2 Å². The van der Waals surface area contributed by atoms with Gasteiger partial charge in [0.25, 0.3) is 0 Å². The van der Waals surface area contributed by atoms with Gasteiger partial charge in [-0.05, 0) is 23.7 Å². The maximum absolute atomic E-state index is 13.5. The normalized spacial score (nSPS) is 15.4. The van der Waals surface area contributed by atoms with Crippen molar-refractivity contribution in [2.45, 2.75) is 79.4 Å². The van der Waals surface area contributed by atoms with Crippen molar-refractivity contribution in [3.05, 3.63) is 12.5 Å². The molecule has 1 aliphatic rings. The number of hydrogen-bond donors (Lipinski definition) is 1. The number of nitrogen functional groups attached to an aromatic ring is 1. The van der Waals surface area contributed by atoms with E-state index in [-0.39, 0.29) is 29.6 Å². The number of ether oxygens (including phenoxy) is 3. The number of esters is 2. The van der Waals surface area contributed by atoms with Gasteiger partial charge in [-0.1, -0.05) is 41.5 Å². The summed E-state index contributed by atoms with van der Waals surface area (Å²) in [6, 6.07) is 0. The van der Waals surface area contributed by atoms with Gasteiger partial charge < -0.3 is 24.5 Å². The Morgan fingerprint density at radius 3 is 2.05 bits per heavy atom. The summed E-state index contributed by atoms with van der Waals surface area (Å²) in [4.78, 5) is 36.6. The van der Waals surface area contributed by atoms with Crippen LogP contribution in [0.2, 0.25) is 0 Å². The average Bonchev–Trinajstić information content (AvgIpc) is 3.43. The molecule has 1 aliphatic carbocycles. The second kappa shape index (κ2) is 11.6. The molecule has 0 bridgehead atoms. The van der Waals surface area contributed by atoms with E-state index in [0.29, 0.717) is 30.6 Å². The molecule has 0 saturated heterocycles. The average molecular weight is 556 g/mol. The summed E-state index contributed by atoms with van der Waals surface area (Å²) in [6.07, 6.45) is 4.38. The summed E-state index contributed by atoms with van der Waals surface area (Å²) < 4.78 is 42.2. The topological polar surface area (TPSA) is 167 Å². The Kier molecular flexibility index (Phi) is 9.18. The minimum absolute atomic E-state index is 0.123. The van der Waals surface area contributed by atoms with Gasteiger partial charge in [-0.2, -0.15) is 4.98 Å². The van der Waals surface area contributed by atoms with Crippen LogP contribution in [0, 0.1) is 10.8 Å². The molecule has 0 amide bonds. The lowest BCUT2D eigenvalue weighted by molar-refractivity contribution is -0.154. The molecule has 2 heterocycles. The van der Waals surface area contributed by atoms with E-state index in [4.69, 9.17) is 29.0 Å².